The average Bonchev–Trinajstić information content (AvgIpc) is 2.26. The van der Waals surface area contributed by atoms with E-state index in [1.165, 1.54) is 0 Å². The third-order valence-corrected chi connectivity index (χ3v) is 3.36. The van der Waals surface area contributed by atoms with Gasteiger partial charge in [0, 0.05) is 19.1 Å². The number of hydrogen-bond donors (Lipinski definition) is 1. The first-order valence-electron chi connectivity index (χ1n) is 6.15. The van der Waals surface area contributed by atoms with Crippen molar-refractivity contribution in [3.05, 3.63) is 29.8 Å². The molecule has 1 heterocycles. The van der Waals surface area contributed by atoms with Gasteiger partial charge in [-0.15, -0.1) is 0 Å². The molecule has 0 radical (unpaired) electrons. The van der Waals surface area contributed by atoms with Gasteiger partial charge < -0.3 is 9.84 Å². The molecule has 1 saturated heterocycles. The molecule has 3 nitrogen and oxygen atoms in total. The van der Waals surface area contributed by atoms with E-state index in [9.17, 15) is 5.11 Å². The van der Waals surface area contributed by atoms with Crippen molar-refractivity contribution in [1.29, 1.82) is 0 Å². The summed E-state index contributed by atoms with van der Waals surface area (Å²) in [4.78, 5) is 2.40. The number of aromatic hydroxyl groups is 1. The summed E-state index contributed by atoms with van der Waals surface area (Å²) in [5, 5.41) is 9.52. The maximum atomic E-state index is 9.52. The Balaban J connectivity index is 2.12. The van der Waals surface area contributed by atoms with Crippen molar-refractivity contribution in [2.24, 2.45) is 0 Å². The highest BCUT2D eigenvalue weighted by molar-refractivity contribution is 5.29. The molecule has 1 aliphatic heterocycles. The van der Waals surface area contributed by atoms with Gasteiger partial charge in [0.25, 0.3) is 0 Å². The van der Waals surface area contributed by atoms with Crippen LogP contribution in [0.2, 0.25) is 0 Å². The van der Waals surface area contributed by atoms with Crippen LogP contribution in [0.4, 0.5) is 0 Å². The first-order valence-corrected chi connectivity index (χ1v) is 6.15. The predicted molar refractivity (Wildman–Crippen MR) is 68.1 cm³/mol. The second-order valence-electron chi connectivity index (χ2n) is 5.35. The molecular weight excluding hydrogens is 214 g/mol. The normalized spacial score (nSPS) is 22.3. The summed E-state index contributed by atoms with van der Waals surface area (Å²) < 4.78 is 5.71. The number of nitrogens with zero attached hydrogens (tertiary/aromatic N) is 1. The van der Waals surface area contributed by atoms with E-state index in [4.69, 9.17) is 4.74 Å². The summed E-state index contributed by atoms with van der Waals surface area (Å²) in [7, 11) is 0. The quantitative estimate of drug-likeness (QED) is 0.855. The lowest BCUT2D eigenvalue weighted by molar-refractivity contribution is -0.0959. The van der Waals surface area contributed by atoms with Gasteiger partial charge in [0.2, 0.25) is 0 Å². The zero-order valence-electron chi connectivity index (χ0n) is 10.8. The minimum absolute atomic E-state index is 0.0800. The van der Waals surface area contributed by atoms with Crippen molar-refractivity contribution in [3.63, 3.8) is 0 Å². The Morgan fingerprint density at radius 3 is 2.82 bits per heavy atom. The molecule has 1 aromatic carbocycles. The minimum atomic E-state index is -0.0800. The zero-order chi connectivity index (χ0) is 12.5. The van der Waals surface area contributed by atoms with Crippen LogP contribution in [0, 0.1) is 0 Å². The second kappa shape index (κ2) is 4.67. The smallest absolute Gasteiger partial charge is 0.115 e. The highest BCUT2D eigenvalue weighted by Crippen LogP contribution is 2.27. The fourth-order valence-corrected chi connectivity index (χ4v) is 2.38. The summed E-state index contributed by atoms with van der Waals surface area (Å²) in [6, 6.07) is 7.82. The first kappa shape index (κ1) is 12.4. The Kier molecular flexibility index (Phi) is 3.40. The fourth-order valence-electron chi connectivity index (χ4n) is 2.38. The topological polar surface area (TPSA) is 32.7 Å². The van der Waals surface area contributed by atoms with E-state index in [1.54, 1.807) is 6.07 Å². The van der Waals surface area contributed by atoms with Gasteiger partial charge in [0.15, 0.2) is 0 Å². The lowest BCUT2D eigenvalue weighted by Crippen LogP contribution is -2.48. The molecule has 1 unspecified atom stereocenters. The molecule has 1 atom stereocenters. The summed E-state index contributed by atoms with van der Waals surface area (Å²) in [5.74, 6) is 0.335. The molecule has 0 aliphatic carbocycles. The van der Waals surface area contributed by atoms with Crippen LogP contribution in [0.3, 0.4) is 0 Å². The monoisotopic (exact) mass is 235 g/mol. The number of benzene rings is 1. The van der Waals surface area contributed by atoms with Crippen molar-refractivity contribution < 1.29 is 9.84 Å². The van der Waals surface area contributed by atoms with E-state index >= 15 is 0 Å². The van der Waals surface area contributed by atoms with Crippen LogP contribution in [-0.4, -0.2) is 35.3 Å². The van der Waals surface area contributed by atoms with Crippen LogP contribution < -0.4 is 0 Å². The lowest BCUT2D eigenvalue weighted by atomic mass is 10.0. The van der Waals surface area contributed by atoms with Gasteiger partial charge in [-0.05, 0) is 38.5 Å². The molecule has 17 heavy (non-hydrogen) atoms. The van der Waals surface area contributed by atoms with Crippen molar-refractivity contribution in [2.75, 3.05) is 19.7 Å². The molecule has 2 rings (SSSR count). The molecule has 0 saturated carbocycles. The van der Waals surface area contributed by atoms with Gasteiger partial charge in [0.1, 0.15) is 5.75 Å². The average molecular weight is 235 g/mol. The number of morpholine rings is 1. The highest BCUT2D eigenvalue weighted by Gasteiger charge is 2.30. The number of hydrogen-bond acceptors (Lipinski definition) is 3. The Bertz CT molecular complexity index is 390. The third kappa shape index (κ3) is 2.99. The Hall–Kier alpha value is -1.06. The number of phenolic OH excluding ortho intramolecular Hbond substituents is 1. The maximum absolute atomic E-state index is 9.52. The molecule has 94 valence electrons. The Morgan fingerprint density at radius 1 is 1.41 bits per heavy atom. The molecule has 0 spiro atoms. The van der Waals surface area contributed by atoms with Crippen molar-refractivity contribution in [3.8, 4) is 5.75 Å². The summed E-state index contributed by atoms with van der Waals surface area (Å²) in [5.41, 5.74) is 1.08. The number of ether oxygens (including phenoxy) is 1. The molecule has 0 amide bonds. The van der Waals surface area contributed by atoms with Gasteiger partial charge in [0.05, 0.1) is 12.2 Å². The molecular formula is C14H21NO2. The van der Waals surface area contributed by atoms with Crippen molar-refractivity contribution >= 4 is 0 Å². The van der Waals surface area contributed by atoms with Gasteiger partial charge in [-0.3, -0.25) is 4.90 Å². The molecule has 1 fully saturated rings. The third-order valence-electron chi connectivity index (χ3n) is 3.36. The minimum Gasteiger partial charge on any atom is -0.508 e. The van der Waals surface area contributed by atoms with E-state index in [2.05, 4.69) is 31.7 Å². The number of phenols is 1. The van der Waals surface area contributed by atoms with Crippen LogP contribution >= 0.6 is 0 Å². The van der Waals surface area contributed by atoms with Gasteiger partial charge >= 0.3 is 0 Å². The van der Waals surface area contributed by atoms with Crippen LogP contribution in [0.5, 0.6) is 5.75 Å². The van der Waals surface area contributed by atoms with Crippen molar-refractivity contribution in [2.45, 2.75) is 32.4 Å². The summed E-state index contributed by atoms with van der Waals surface area (Å²) >= 11 is 0. The summed E-state index contributed by atoms with van der Waals surface area (Å²) in [6.07, 6.45) is 0. The largest absolute Gasteiger partial charge is 0.508 e. The standard InChI is InChI=1S/C14H21NO2/c1-11(12-5-4-6-13(16)9-12)15-7-8-17-14(2,3)10-15/h4-6,9,11,16H,7-8,10H2,1-3H3. The van der Waals surface area contributed by atoms with Gasteiger partial charge in [-0.2, -0.15) is 0 Å². The Morgan fingerprint density at radius 2 is 2.18 bits per heavy atom. The SMILES string of the molecule is CC(c1cccc(O)c1)N1CCOC(C)(C)C1. The van der Waals surface area contributed by atoms with E-state index in [1.807, 2.05) is 12.1 Å². The molecule has 0 bridgehead atoms. The number of rotatable bonds is 2. The molecule has 3 heteroatoms. The van der Waals surface area contributed by atoms with E-state index < -0.39 is 0 Å². The van der Waals surface area contributed by atoms with Crippen LogP contribution in [0.25, 0.3) is 0 Å². The fraction of sp³-hybridized carbons (Fsp3) is 0.571. The van der Waals surface area contributed by atoms with Crippen LogP contribution in [0.15, 0.2) is 24.3 Å². The molecule has 1 aliphatic rings. The summed E-state index contributed by atoms with van der Waals surface area (Å²) in [6.45, 7) is 9.05. The van der Waals surface area contributed by atoms with E-state index in [-0.39, 0.29) is 5.60 Å². The predicted octanol–water partition coefficient (Wildman–Crippen LogP) is 2.56. The van der Waals surface area contributed by atoms with E-state index in [0.29, 0.717) is 11.8 Å². The lowest BCUT2D eigenvalue weighted by Gasteiger charge is -2.41. The maximum Gasteiger partial charge on any atom is 0.115 e. The molecule has 0 aromatic heterocycles. The van der Waals surface area contributed by atoms with Crippen LogP contribution in [0.1, 0.15) is 32.4 Å². The Labute approximate surface area is 103 Å². The van der Waals surface area contributed by atoms with Crippen molar-refractivity contribution in [1.82, 2.24) is 4.90 Å². The molecule has 1 aromatic rings. The second-order valence-corrected chi connectivity index (χ2v) is 5.35. The highest BCUT2D eigenvalue weighted by atomic mass is 16.5. The van der Waals surface area contributed by atoms with Gasteiger partial charge in [-0.25, -0.2) is 0 Å². The van der Waals surface area contributed by atoms with E-state index in [0.717, 1.165) is 25.3 Å². The van der Waals surface area contributed by atoms with Gasteiger partial charge in [-0.1, -0.05) is 12.1 Å². The zero-order valence-corrected chi connectivity index (χ0v) is 10.8. The van der Waals surface area contributed by atoms with Crippen LogP contribution in [-0.2, 0) is 4.74 Å². The first-order chi connectivity index (χ1) is 7.98. The molecule has 1 N–H and O–H groups in total.